The number of hydrogen-bond acceptors (Lipinski definition) is 0. The summed E-state index contributed by atoms with van der Waals surface area (Å²) in [5, 5.41) is 0. The van der Waals surface area contributed by atoms with E-state index in [9.17, 15) is 4.39 Å². The standard InChI is InChI=1S/C8H16F/c1-6(2)7(9)8(3,4)5/h7H,1-5H3. The Hall–Kier alpha value is -0.0700. The molecule has 1 unspecified atom stereocenters. The molecule has 0 rings (SSSR count). The third kappa shape index (κ3) is 2.83. The van der Waals surface area contributed by atoms with Gasteiger partial charge in [0.2, 0.25) is 0 Å². The highest BCUT2D eigenvalue weighted by molar-refractivity contribution is 4.94. The van der Waals surface area contributed by atoms with Crippen molar-refractivity contribution in [3.63, 3.8) is 0 Å². The van der Waals surface area contributed by atoms with Crippen molar-refractivity contribution in [3.05, 3.63) is 5.92 Å². The summed E-state index contributed by atoms with van der Waals surface area (Å²) in [5.41, 5.74) is -0.223. The molecule has 0 aromatic heterocycles. The zero-order valence-electron chi connectivity index (χ0n) is 6.96. The maximum Gasteiger partial charge on any atom is 0.111 e. The molecule has 0 amide bonds. The van der Waals surface area contributed by atoms with Crippen LogP contribution in [0.2, 0.25) is 0 Å². The Labute approximate surface area is 57.5 Å². The summed E-state index contributed by atoms with van der Waals surface area (Å²) >= 11 is 0. The van der Waals surface area contributed by atoms with Gasteiger partial charge in [-0.05, 0) is 5.41 Å². The molecule has 0 heterocycles. The fraction of sp³-hybridized carbons (Fsp3) is 0.875. The van der Waals surface area contributed by atoms with Crippen molar-refractivity contribution in [2.45, 2.75) is 40.8 Å². The van der Waals surface area contributed by atoms with Crippen molar-refractivity contribution in [2.75, 3.05) is 0 Å². The van der Waals surface area contributed by atoms with E-state index in [1.807, 2.05) is 34.6 Å². The summed E-state index contributed by atoms with van der Waals surface area (Å²) in [6.45, 7) is 9.38. The molecular formula is C8H16F. The van der Waals surface area contributed by atoms with Crippen LogP contribution in [0.3, 0.4) is 0 Å². The van der Waals surface area contributed by atoms with E-state index in [4.69, 9.17) is 0 Å². The molecule has 0 saturated carbocycles. The number of alkyl halides is 1. The van der Waals surface area contributed by atoms with Gasteiger partial charge >= 0.3 is 0 Å². The summed E-state index contributed by atoms with van der Waals surface area (Å²) in [6, 6.07) is 0. The SMILES string of the molecule is C[C](C)C(F)C(C)(C)C. The second-order valence-electron chi connectivity index (χ2n) is 3.81. The minimum atomic E-state index is -0.766. The predicted octanol–water partition coefficient (Wildman–Crippen LogP) is 2.98. The van der Waals surface area contributed by atoms with Gasteiger partial charge in [-0.3, -0.25) is 0 Å². The van der Waals surface area contributed by atoms with Gasteiger partial charge in [0.15, 0.2) is 0 Å². The molecule has 9 heavy (non-hydrogen) atoms. The van der Waals surface area contributed by atoms with Crippen LogP contribution in [0.4, 0.5) is 4.39 Å². The highest BCUT2D eigenvalue weighted by Gasteiger charge is 2.26. The van der Waals surface area contributed by atoms with Crippen LogP contribution in [0.5, 0.6) is 0 Å². The fourth-order valence-corrected chi connectivity index (χ4v) is 0.866. The monoisotopic (exact) mass is 131 g/mol. The Morgan fingerprint density at radius 3 is 1.56 bits per heavy atom. The number of hydrogen-bond donors (Lipinski definition) is 0. The lowest BCUT2D eigenvalue weighted by Gasteiger charge is -2.25. The first-order valence-electron chi connectivity index (χ1n) is 3.30. The van der Waals surface area contributed by atoms with Crippen LogP contribution in [0.1, 0.15) is 34.6 Å². The van der Waals surface area contributed by atoms with Crippen LogP contribution >= 0.6 is 0 Å². The fourth-order valence-electron chi connectivity index (χ4n) is 0.866. The maximum absolute atomic E-state index is 13.0. The van der Waals surface area contributed by atoms with E-state index in [0.29, 0.717) is 0 Å². The van der Waals surface area contributed by atoms with Crippen LogP contribution in [0.15, 0.2) is 0 Å². The molecule has 0 aliphatic rings. The smallest absolute Gasteiger partial charge is 0.111 e. The van der Waals surface area contributed by atoms with Crippen molar-refractivity contribution in [1.29, 1.82) is 0 Å². The Balaban J connectivity index is 3.88. The summed E-state index contributed by atoms with van der Waals surface area (Å²) in [5.74, 6) is 0.863. The van der Waals surface area contributed by atoms with Crippen molar-refractivity contribution < 1.29 is 4.39 Å². The van der Waals surface area contributed by atoms with Crippen LogP contribution in [0, 0.1) is 11.3 Å². The first-order chi connectivity index (χ1) is 3.85. The Morgan fingerprint density at radius 2 is 1.56 bits per heavy atom. The van der Waals surface area contributed by atoms with E-state index >= 15 is 0 Å². The van der Waals surface area contributed by atoms with Gasteiger partial charge in [0.05, 0.1) is 0 Å². The van der Waals surface area contributed by atoms with Gasteiger partial charge in [-0.15, -0.1) is 0 Å². The Morgan fingerprint density at radius 1 is 1.22 bits per heavy atom. The minimum Gasteiger partial charge on any atom is -0.246 e. The Kier molecular flexibility index (Phi) is 2.66. The molecule has 0 spiro atoms. The molecule has 1 heteroatoms. The van der Waals surface area contributed by atoms with Crippen molar-refractivity contribution in [2.24, 2.45) is 5.41 Å². The molecule has 0 fully saturated rings. The highest BCUT2D eigenvalue weighted by Crippen LogP contribution is 2.28. The molecule has 0 aliphatic heterocycles. The topological polar surface area (TPSA) is 0 Å². The van der Waals surface area contributed by atoms with E-state index in [0.717, 1.165) is 5.92 Å². The zero-order valence-corrected chi connectivity index (χ0v) is 6.96. The normalized spacial score (nSPS) is 16.3. The summed E-state index contributed by atoms with van der Waals surface area (Å²) < 4.78 is 13.0. The van der Waals surface area contributed by atoms with E-state index in [-0.39, 0.29) is 5.41 Å². The van der Waals surface area contributed by atoms with Gasteiger partial charge < -0.3 is 0 Å². The number of rotatable bonds is 1. The third-order valence-electron chi connectivity index (χ3n) is 1.27. The van der Waals surface area contributed by atoms with Crippen LogP contribution in [-0.2, 0) is 0 Å². The lowest BCUT2D eigenvalue weighted by atomic mass is 9.84. The van der Waals surface area contributed by atoms with Gasteiger partial charge in [0.1, 0.15) is 6.17 Å². The summed E-state index contributed by atoms with van der Waals surface area (Å²) in [4.78, 5) is 0. The van der Waals surface area contributed by atoms with E-state index in [2.05, 4.69) is 0 Å². The average Bonchev–Trinajstić information content (AvgIpc) is 1.62. The first kappa shape index (κ1) is 8.93. The largest absolute Gasteiger partial charge is 0.246 e. The predicted molar refractivity (Wildman–Crippen MR) is 38.9 cm³/mol. The average molecular weight is 131 g/mol. The number of halogens is 1. The second-order valence-corrected chi connectivity index (χ2v) is 3.81. The van der Waals surface area contributed by atoms with E-state index in [1.54, 1.807) is 0 Å². The van der Waals surface area contributed by atoms with Crippen molar-refractivity contribution in [1.82, 2.24) is 0 Å². The van der Waals surface area contributed by atoms with Gasteiger partial charge in [-0.25, -0.2) is 4.39 Å². The molecule has 0 saturated heterocycles. The van der Waals surface area contributed by atoms with Crippen molar-refractivity contribution in [3.8, 4) is 0 Å². The molecule has 0 N–H and O–H groups in total. The van der Waals surface area contributed by atoms with Gasteiger partial charge in [-0.1, -0.05) is 34.6 Å². The summed E-state index contributed by atoms with van der Waals surface area (Å²) in [6.07, 6.45) is -0.766. The van der Waals surface area contributed by atoms with Crippen molar-refractivity contribution >= 4 is 0 Å². The third-order valence-corrected chi connectivity index (χ3v) is 1.27. The van der Waals surface area contributed by atoms with E-state index in [1.165, 1.54) is 0 Å². The quantitative estimate of drug-likeness (QED) is 0.513. The molecule has 0 aromatic rings. The van der Waals surface area contributed by atoms with Gasteiger partial charge in [0.25, 0.3) is 0 Å². The maximum atomic E-state index is 13.0. The molecule has 55 valence electrons. The minimum absolute atomic E-state index is 0.223. The van der Waals surface area contributed by atoms with E-state index < -0.39 is 6.17 Å². The molecule has 1 radical (unpaired) electrons. The van der Waals surface area contributed by atoms with Crippen LogP contribution in [0.25, 0.3) is 0 Å². The molecule has 0 aromatic carbocycles. The summed E-state index contributed by atoms with van der Waals surface area (Å²) in [7, 11) is 0. The van der Waals surface area contributed by atoms with Gasteiger partial charge in [-0.2, -0.15) is 0 Å². The molecule has 1 atom stereocenters. The first-order valence-corrected chi connectivity index (χ1v) is 3.30. The molecule has 0 bridgehead atoms. The molecule has 0 nitrogen and oxygen atoms in total. The molecular weight excluding hydrogens is 115 g/mol. The zero-order chi connectivity index (χ0) is 7.65. The highest BCUT2D eigenvalue weighted by atomic mass is 19.1. The second kappa shape index (κ2) is 2.68. The van der Waals surface area contributed by atoms with Crippen LogP contribution in [-0.4, -0.2) is 6.17 Å². The van der Waals surface area contributed by atoms with Gasteiger partial charge in [0, 0.05) is 5.92 Å². The lowest BCUT2D eigenvalue weighted by molar-refractivity contribution is 0.176. The lowest BCUT2D eigenvalue weighted by Crippen LogP contribution is -2.25. The molecule has 0 aliphatic carbocycles. The van der Waals surface area contributed by atoms with Crippen LogP contribution < -0.4 is 0 Å². The Bertz CT molecular complexity index is 79.1.